The second kappa shape index (κ2) is 5.26. The molecule has 0 saturated heterocycles. The van der Waals surface area contributed by atoms with E-state index in [4.69, 9.17) is 14.2 Å². The lowest BCUT2D eigenvalue weighted by molar-refractivity contribution is -0.306. The summed E-state index contributed by atoms with van der Waals surface area (Å²) >= 11 is 0. The predicted molar refractivity (Wildman–Crippen MR) is 139 cm³/mol. The maximum Gasteiger partial charge on any atom is 0.165 e. The molecule has 1 N–H and O–H groups in total. The van der Waals surface area contributed by atoms with Gasteiger partial charge in [-0.05, 0) is 96.0 Å². The number of ether oxygens (including phenoxy) is 3. The van der Waals surface area contributed by atoms with E-state index in [1.54, 1.807) is 12.7 Å². The van der Waals surface area contributed by atoms with Crippen LogP contribution in [0.4, 0.5) is 0 Å². The van der Waals surface area contributed by atoms with E-state index in [0.29, 0.717) is 22.2 Å². The van der Waals surface area contributed by atoms with E-state index in [9.17, 15) is 5.11 Å². The van der Waals surface area contributed by atoms with Gasteiger partial charge in [-0.2, -0.15) is 0 Å². The highest BCUT2D eigenvalue weighted by Crippen LogP contribution is 3.20. The van der Waals surface area contributed by atoms with Gasteiger partial charge in [0.1, 0.15) is 11.7 Å². The molecule has 10 aliphatic rings. The Morgan fingerprint density at radius 3 is 2.57 bits per heavy atom. The molecule has 0 amide bonds. The summed E-state index contributed by atoms with van der Waals surface area (Å²) in [6.45, 7) is 8.76. The van der Waals surface area contributed by atoms with Crippen molar-refractivity contribution in [3.8, 4) is 11.5 Å². The van der Waals surface area contributed by atoms with Crippen molar-refractivity contribution in [2.45, 2.75) is 102 Å². The number of benzene rings is 1. The molecule has 11 atom stereocenters. The van der Waals surface area contributed by atoms with Gasteiger partial charge in [-0.25, -0.2) is 0 Å². The van der Waals surface area contributed by atoms with Crippen molar-refractivity contribution in [3.05, 3.63) is 23.3 Å². The first kappa shape index (κ1) is 21.5. The molecule has 37 heavy (non-hydrogen) atoms. The van der Waals surface area contributed by atoms with E-state index in [2.05, 4.69) is 39.8 Å². The summed E-state index contributed by atoms with van der Waals surface area (Å²) in [5.74, 6) is 4.29. The molecule has 1 aliphatic heterocycles. The fourth-order valence-corrected chi connectivity index (χ4v) is 14.1. The summed E-state index contributed by atoms with van der Waals surface area (Å²) in [4.78, 5) is 0. The molecule has 4 nitrogen and oxygen atoms in total. The lowest BCUT2D eigenvalue weighted by atomic mass is 9.39. The molecule has 1 aromatic carbocycles. The summed E-state index contributed by atoms with van der Waals surface area (Å²) in [6.07, 6.45) is 10.5. The minimum atomic E-state index is -0.845. The number of hydrogen-bond donors (Lipinski definition) is 1. The number of fused-ring (bicyclic) bond motifs is 2. The Morgan fingerprint density at radius 2 is 1.89 bits per heavy atom. The predicted octanol–water partition coefficient (Wildman–Crippen LogP) is 5.88. The summed E-state index contributed by atoms with van der Waals surface area (Å²) < 4.78 is 20.0. The Hall–Kier alpha value is -1.26. The van der Waals surface area contributed by atoms with Crippen LogP contribution in [0.2, 0.25) is 0 Å². The molecule has 9 aliphatic carbocycles. The molecule has 0 aromatic heterocycles. The van der Waals surface area contributed by atoms with Crippen LogP contribution >= 0.6 is 0 Å². The maximum absolute atomic E-state index is 12.4. The fraction of sp³-hybridized carbons (Fsp3) is 0.818. The van der Waals surface area contributed by atoms with E-state index in [-0.39, 0.29) is 28.3 Å². The lowest BCUT2D eigenvalue weighted by Gasteiger charge is -2.70. The van der Waals surface area contributed by atoms with Crippen molar-refractivity contribution in [2.24, 2.45) is 50.2 Å². The van der Waals surface area contributed by atoms with Gasteiger partial charge in [0.15, 0.2) is 11.5 Å². The van der Waals surface area contributed by atoms with Crippen molar-refractivity contribution in [3.63, 3.8) is 0 Å². The van der Waals surface area contributed by atoms with Crippen LogP contribution in [0.5, 0.6) is 11.5 Å². The Labute approximate surface area is 220 Å². The second-order valence-corrected chi connectivity index (χ2v) is 16.4. The van der Waals surface area contributed by atoms with E-state index in [0.717, 1.165) is 36.2 Å². The van der Waals surface area contributed by atoms with Crippen LogP contribution in [0.3, 0.4) is 0 Å². The molecule has 1 aromatic rings. The Balaban J connectivity index is 1.26. The van der Waals surface area contributed by atoms with Crippen LogP contribution in [0, 0.1) is 50.2 Å². The monoisotopic (exact) mass is 502 g/mol. The van der Waals surface area contributed by atoms with E-state index in [1.165, 1.54) is 44.1 Å². The third kappa shape index (κ3) is 1.58. The molecule has 4 spiro atoms. The van der Waals surface area contributed by atoms with Gasteiger partial charge in [0.05, 0.1) is 12.7 Å². The largest absolute Gasteiger partial charge is 0.493 e. The second-order valence-electron chi connectivity index (χ2n) is 16.4. The molecule has 2 bridgehead atoms. The molecular weight excluding hydrogens is 460 g/mol. The normalized spacial score (nSPS) is 56.9. The summed E-state index contributed by atoms with van der Waals surface area (Å²) in [7, 11) is 3.70. The van der Waals surface area contributed by atoms with Crippen LogP contribution in [-0.2, 0) is 11.2 Å². The van der Waals surface area contributed by atoms with Gasteiger partial charge in [0.2, 0.25) is 0 Å². The number of aliphatic hydroxyl groups is 1. The third-order valence-electron chi connectivity index (χ3n) is 15.6. The molecule has 4 heteroatoms. The average Bonchev–Trinajstić information content (AvgIpc) is 3.76. The van der Waals surface area contributed by atoms with Gasteiger partial charge < -0.3 is 19.3 Å². The number of methoxy groups -OCH3 is 2. The molecule has 8 unspecified atom stereocenters. The first-order valence-electron chi connectivity index (χ1n) is 15.2. The van der Waals surface area contributed by atoms with Gasteiger partial charge in [0.25, 0.3) is 0 Å². The Kier molecular flexibility index (Phi) is 3.06. The molecule has 1 heterocycles. The fourth-order valence-electron chi connectivity index (χ4n) is 14.1. The van der Waals surface area contributed by atoms with Crippen LogP contribution in [0.15, 0.2) is 12.1 Å². The SMILES string of the molecule is COc1ccc2c3c1OC1C4(OC)CCC5(CC4C(C)(O)C(C)(C)C)C14[C@H]3[C@H]4[C@@]1(C2)C2(CC3CC3)CC521. The van der Waals surface area contributed by atoms with Gasteiger partial charge in [-0.15, -0.1) is 0 Å². The van der Waals surface area contributed by atoms with Crippen LogP contribution < -0.4 is 9.47 Å². The zero-order valence-electron chi connectivity index (χ0n) is 23.4. The highest BCUT2D eigenvalue weighted by molar-refractivity contribution is 5.73. The Morgan fingerprint density at radius 1 is 1.11 bits per heavy atom. The highest BCUT2D eigenvalue weighted by atomic mass is 16.6. The highest BCUT2D eigenvalue weighted by Gasteiger charge is 3.17. The summed E-state index contributed by atoms with van der Waals surface area (Å²) in [5, 5.41) is 12.4. The zero-order valence-corrected chi connectivity index (χ0v) is 23.4. The van der Waals surface area contributed by atoms with Crippen molar-refractivity contribution < 1.29 is 19.3 Å². The van der Waals surface area contributed by atoms with Crippen molar-refractivity contribution in [1.29, 1.82) is 0 Å². The van der Waals surface area contributed by atoms with Crippen molar-refractivity contribution in [1.82, 2.24) is 0 Å². The minimum Gasteiger partial charge on any atom is -0.493 e. The van der Waals surface area contributed by atoms with E-state index >= 15 is 0 Å². The first-order valence-corrected chi connectivity index (χ1v) is 15.2. The maximum atomic E-state index is 12.4. The van der Waals surface area contributed by atoms with Gasteiger partial charge in [-0.3, -0.25) is 0 Å². The zero-order chi connectivity index (χ0) is 25.4. The average molecular weight is 503 g/mol. The molecule has 198 valence electrons. The smallest absolute Gasteiger partial charge is 0.165 e. The number of rotatable bonds is 5. The summed E-state index contributed by atoms with van der Waals surface area (Å²) in [5.41, 5.74) is 3.53. The van der Waals surface area contributed by atoms with Gasteiger partial charge >= 0.3 is 0 Å². The summed E-state index contributed by atoms with van der Waals surface area (Å²) in [6, 6.07) is 4.56. The first-order chi connectivity index (χ1) is 17.5. The van der Waals surface area contributed by atoms with E-state index in [1.807, 2.05) is 7.11 Å². The molecular formula is C33H42O4. The molecule has 11 rings (SSSR count). The molecule has 8 saturated carbocycles. The van der Waals surface area contributed by atoms with Crippen LogP contribution in [0.25, 0.3) is 0 Å². The Bertz CT molecular complexity index is 1340. The lowest BCUT2D eigenvalue weighted by Crippen LogP contribution is -2.76. The molecule has 0 radical (unpaired) electrons. The van der Waals surface area contributed by atoms with Crippen molar-refractivity contribution in [2.75, 3.05) is 14.2 Å². The topological polar surface area (TPSA) is 47.9 Å². The van der Waals surface area contributed by atoms with Crippen LogP contribution in [0.1, 0.15) is 89.7 Å². The van der Waals surface area contributed by atoms with Gasteiger partial charge in [0, 0.05) is 29.9 Å². The third-order valence-corrected chi connectivity index (χ3v) is 15.6. The quantitative estimate of drug-likeness (QED) is 0.546. The number of hydrogen-bond acceptors (Lipinski definition) is 4. The van der Waals surface area contributed by atoms with E-state index < -0.39 is 11.2 Å². The minimum absolute atomic E-state index is 0.00866. The molecule has 8 fully saturated rings. The van der Waals surface area contributed by atoms with Gasteiger partial charge in [-0.1, -0.05) is 39.7 Å². The van der Waals surface area contributed by atoms with Crippen molar-refractivity contribution >= 4 is 0 Å². The standard InChI is InChI=1S/C33H42O4/c1-26(2,3)27(4,34)20-15-28-11-12-30(20,36-6)25-33(28)22-21-18(9-10-19(35-5)23(21)37-25)14-31(24(22)33)29(13-17-7-8-17)16-32(28,29)31/h9-10,17,20,22,24-25,34H,7-8,11-16H2,1-6H3/t20?,22-,24+,25?,27?,28?,29?,30?,31+,32?,33?/m1/s1. The van der Waals surface area contributed by atoms with Crippen LogP contribution in [-0.4, -0.2) is 36.6 Å².